The van der Waals surface area contributed by atoms with Gasteiger partial charge >= 0.3 is 0 Å². The number of rotatable bonds is 5. The van der Waals surface area contributed by atoms with E-state index in [0.29, 0.717) is 0 Å². The first kappa shape index (κ1) is 17.0. The molecule has 0 amide bonds. The van der Waals surface area contributed by atoms with E-state index in [1.807, 2.05) is 24.3 Å². The summed E-state index contributed by atoms with van der Waals surface area (Å²) in [5, 5.41) is 6.74. The lowest BCUT2D eigenvalue weighted by Gasteiger charge is -2.13. The Kier molecular flexibility index (Phi) is 4.58. The molecule has 1 heterocycles. The Morgan fingerprint density at radius 3 is 2.58 bits per heavy atom. The number of fused-ring (bicyclic) bond motifs is 3. The van der Waals surface area contributed by atoms with Gasteiger partial charge in [0, 0.05) is 44.7 Å². The number of aromatic nitrogens is 1. The summed E-state index contributed by atoms with van der Waals surface area (Å²) in [6.45, 7) is 1.01. The highest BCUT2D eigenvalue weighted by molar-refractivity contribution is 6.30. The molecule has 0 aliphatic rings. The zero-order valence-corrected chi connectivity index (χ0v) is 15.8. The van der Waals surface area contributed by atoms with Crippen molar-refractivity contribution < 1.29 is 0 Å². The molecule has 4 aromatic rings. The van der Waals surface area contributed by atoms with Crippen LogP contribution in [0.4, 0.5) is 11.4 Å². The van der Waals surface area contributed by atoms with Gasteiger partial charge in [-0.15, -0.1) is 0 Å². The van der Waals surface area contributed by atoms with Gasteiger partial charge in [0.25, 0.3) is 0 Å². The number of benzene rings is 3. The highest BCUT2D eigenvalue weighted by atomic mass is 35.5. The standard InChI is InChI=1S/C22H22ClN3/c1-26(2)11-10-15-12-18(24-17-7-5-6-16(23)13-17)14-20-19-8-3-4-9-21(19)25-22(15)20/h3-9,12-14,24-25H,10-11H2,1-2H3. The topological polar surface area (TPSA) is 31.1 Å². The largest absolute Gasteiger partial charge is 0.355 e. The number of likely N-dealkylation sites (N-methyl/N-ethyl adjacent to an activating group) is 1. The molecule has 0 saturated carbocycles. The minimum atomic E-state index is 0.732. The number of H-pyrrole nitrogens is 1. The summed E-state index contributed by atoms with van der Waals surface area (Å²) in [5.41, 5.74) is 5.80. The van der Waals surface area contributed by atoms with E-state index >= 15 is 0 Å². The summed E-state index contributed by atoms with van der Waals surface area (Å²) in [6, 6.07) is 20.7. The van der Waals surface area contributed by atoms with E-state index in [-0.39, 0.29) is 0 Å². The number of halogens is 1. The fraction of sp³-hybridized carbons (Fsp3) is 0.182. The van der Waals surface area contributed by atoms with Crippen LogP contribution < -0.4 is 5.32 Å². The van der Waals surface area contributed by atoms with Crippen molar-refractivity contribution in [2.75, 3.05) is 26.0 Å². The Morgan fingerprint density at radius 1 is 0.923 bits per heavy atom. The molecule has 1 aromatic heterocycles. The Morgan fingerprint density at radius 2 is 1.77 bits per heavy atom. The second-order valence-electron chi connectivity index (χ2n) is 6.92. The van der Waals surface area contributed by atoms with Crippen LogP contribution in [-0.4, -0.2) is 30.5 Å². The minimum Gasteiger partial charge on any atom is -0.355 e. The summed E-state index contributed by atoms with van der Waals surface area (Å²) in [5.74, 6) is 0. The molecule has 3 aromatic carbocycles. The van der Waals surface area contributed by atoms with Crippen LogP contribution in [0.15, 0.2) is 60.7 Å². The third-order valence-electron chi connectivity index (χ3n) is 4.64. The monoisotopic (exact) mass is 363 g/mol. The molecule has 26 heavy (non-hydrogen) atoms. The second kappa shape index (κ2) is 7.02. The number of anilines is 2. The van der Waals surface area contributed by atoms with Crippen LogP contribution in [-0.2, 0) is 6.42 Å². The molecule has 0 aliphatic carbocycles. The third-order valence-corrected chi connectivity index (χ3v) is 4.87. The van der Waals surface area contributed by atoms with Crippen LogP contribution in [0, 0.1) is 0 Å². The molecular formula is C22H22ClN3. The zero-order valence-electron chi connectivity index (χ0n) is 15.0. The van der Waals surface area contributed by atoms with Crippen molar-refractivity contribution >= 4 is 44.8 Å². The molecular weight excluding hydrogens is 342 g/mol. The average Bonchev–Trinajstić information content (AvgIpc) is 2.98. The molecule has 4 heteroatoms. The molecule has 0 radical (unpaired) electrons. The third kappa shape index (κ3) is 3.41. The fourth-order valence-electron chi connectivity index (χ4n) is 3.37. The van der Waals surface area contributed by atoms with E-state index in [4.69, 9.17) is 11.6 Å². The Balaban J connectivity index is 1.83. The molecule has 0 bridgehead atoms. The quantitative estimate of drug-likeness (QED) is 0.468. The Labute approximate surface area is 158 Å². The molecule has 3 nitrogen and oxygen atoms in total. The van der Waals surface area contributed by atoms with Gasteiger partial charge in [-0.05, 0) is 62.5 Å². The molecule has 0 saturated heterocycles. The van der Waals surface area contributed by atoms with Crippen LogP contribution >= 0.6 is 11.6 Å². The lowest BCUT2D eigenvalue weighted by molar-refractivity contribution is 0.414. The average molecular weight is 364 g/mol. The van der Waals surface area contributed by atoms with Gasteiger partial charge in [0.15, 0.2) is 0 Å². The number of hydrogen-bond acceptors (Lipinski definition) is 2. The second-order valence-corrected chi connectivity index (χ2v) is 7.35. The van der Waals surface area contributed by atoms with Gasteiger partial charge < -0.3 is 15.2 Å². The van der Waals surface area contributed by atoms with Gasteiger partial charge in [-0.25, -0.2) is 0 Å². The lowest BCUT2D eigenvalue weighted by Crippen LogP contribution is -2.15. The summed E-state index contributed by atoms with van der Waals surface area (Å²) in [4.78, 5) is 5.82. The summed E-state index contributed by atoms with van der Waals surface area (Å²) in [7, 11) is 4.22. The molecule has 0 aliphatic heterocycles. The molecule has 132 valence electrons. The van der Waals surface area contributed by atoms with Gasteiger partial charge in [-0.3, -0.25) is 0 Å². The van der Waals surface area contributed by atoms with Crippen LogP contribution in [0.1, 0.15) is 5.56 Å². The van der Waals surface area contributed by atoms with E-state index < -0.39 is 0 Å². The number of nitrogens with zero attached hydrogens (tertiary/aromatic N) is 1. The van der Waals surface area contributed by atoms with Gasteiger partial charge in [0.1, 0.15) is 0 Å². The van der Waals surface area contributed by atoms with Crippen molar-refractivity contribution in [1.82, 2.24) is 9.88 Å². The van der Waals surface area contributed by atoms with Crippen LogP contribution in [0.2, 0.25) is 5.02 Å². The first-order valence-electron chi connectivity index (χ1n) is 8.81. The Hall–Kier alpha value is -2.49. The highest BCUT2D eigenvalue weighted by Crippen LogP contribution is 2.32. The van der Waals surface area contributed by atoms with Gasteiger partial charge in [0.05, 0.1) is 0 Å². The van der Waals surface area contributed by atoms with E-state index in [0.717, 1.165) is 29.4 Å². The first-order chi connectivity index (χ1) is 12.6. The summed E-state index contributed by atoms with van der Waals surface area (Å²) >= 11 is 6.13. The van der Waals surface area contributed by atoms with Crippen LogP contribution in [0.3, 0.4) is 0 Å². The normalized spacial score (nSPS) is 11.5. The van der Waals surface area contributed by atoms with E-state index in [1.165, 1.54) is 27.4 Å². The summed E-state index contributed by atoms with van der Waals surface area (Å²) < 4.78 is 0. The van der Waals surface area contributed by atoms with Crippen molar-refractivity contribution in [2.45, 2.75) is 6.42 Å². The number of nitrogens with one attached hydrogen (secondary N) is 2. The fourth-order valence-corrected chi connectivity index (χ4v) is 3.56. The van der Waals surface area contributed by atoms with Crippen molar-refractivity contribution in [3.8, 4) is 0 Å². The van der Waals surface area contributed by atoms with Crippen molar-refractivity contribution in [3.63, 3.8) is 0 Å². The maximum atomic E-state index is 6.13. The van der Waals surface area contributed by atoms with Gasteiger partial charge in [0.2, 0.25) is 0 Å². The number of para-hydroxylation sites is 1. The van der Waals surface area contributed by atoms with Gasteiger partial charge in [-0.2, -0.15) is 0 Å². The van der Waals surface area contributed by atoms with E-state index in [9.17, 15) is 0 Å². The van der Waals surface area contributed by atoms with Gasteiger partial charge in [-0.1, -0.05) is 35.9 Å². The highest BCUT2D eigenvalue weighted by Gasteiger charge is 2.11. The minimum absolute atomic E-state index is 0.732. The van der Waals surface area contributed by atoms with Crippen LogP contribution in [0.25, 0.3) is 21.8 Å². The predicted octanol–water partition coefficient (Wildman–Crippen LogP) is 5.82. The molecule has 0 spiro atoms. The van der Waals surface area contributed by atoms with Crippen LogP contribution in [0.5, 0.6) is 0 Å². The van der Waals surface area contributed by atoms with E-state index in [2.05, 4.69) is 65.7 Å². The number of aromatic amines is 1. The van der Waals surface area contributed by atoms with E-state index in [1.54, 1.807) is 0 Å². The Bertz CT molecular complexity index is 1070. The lowest BCUT2D eigenvalue weighted by atomic mass is 10.0. The number of hydrogen-bond donors (Lipinski definition) is 2. The summed E-state index contributed by atoms with van der Waals surface area (Å²) in [6.07, 6.45) is 0.987. The molecule has 4 rings (SSSR count). The molecule has 0 fully saturated rings. The van der Waals surface area contributed by atoms with Crippen molar-refractivity contribution in [2.24, 2.45) is 0 Å². The predicted molar refractivity (Wildman–Crippen MR) is 113 cm³/mol. The maximum absolute atomic E-state index is 6.13. The SMILES string of the molecule is CN(C)CCc1cc(Nc2cccc(Cl)c2)cc2c1[nH]c1ccccc12. The maximum Gasteiger partial charge on any atom is 0.0499 e. The molecule has 2 N–H and O–H groups in total. The molecule has 0 atom stereocenters. The first-order valence-corrected chi connectivity index (χ1v) is 9.18. The van der Waals surface area contributed by atoms with Crippen molar-refractivity contribution in [1.29, 1.82) is 0 Å². The van der Waals surface area contributed by atoms with Crippen molar-refractivity contribution in [3.05, 3.63) is 71.2 Å². The zero-order chi connectivity index (χ0) is 18.1. The smallest absolute Gasteiger partial charge is 0.0499 e. The molecule has 0 unspecified atom stereocenters.